The molecule has 5 aromatic rings. The summed E-state index contributed by atoms with van der Waals surface area (Å²) in [5.41, 5.74) is 2.93. The van der Waals surface area contributed by atoms with E-state index in [4.69, 9.17) is 16.3 Å². The highest BCUT2D eigenvalue weighted by molar-refractivity contribution is 6.31. The van der Waals surface area contributed by atoms with Crippen LogP contribution in [-0.4, -0.2) is 10.5 Å². The Morgan fingerprint density at radius 2 is 1.50 bits per heavy atom. The third-order valence-corrected chi connectivity index (χ3v) is 5.88. The van der Waals surface area contributed by atoms with Crippen LogP contribution >= 0.6 is 11.6 Å². The van der Waals surface area contributed by atoms with Crippen molar-refractivity contribution in [2.45, 2.75) is 13.5 Å². The van der Waals surface area contributed by atoms with Crippen LogP contribution in [0, 0.1) is 6.92 Å². The fourth-order valence-corrected chi connectivity index (χ4v) is 4.17. The number of rotatable bonds is 5. The molecule has 0 bridgehead atoms. The molecule has 0 saturated heterocycles. The number of nitrogens with zero attached hydrogens (tertiary/aromatic N) is 1. The zero-order valence-electron chi connectivity index (χ0n) is 18.4. The Hall–Kier alpha value is -4.09. The molecule has 0 spiro atoms. The monoisotopic (exact) mass is 468 g/mol. The normalized spacial score (nSPS) is 11.0. The van der Waals surface area contributed by atoms with E-state index >= 15 is 0 Å². The minimum Gasteiger partial charge on any atom is -0.455 e. The third kappa shape index (κ3) is 4.26. The molecule has 0 aliphatic rings. The highest BCUT2D eigenvalue weighted by atomic mass is 35.5. The van der Waals surface area contributed by atoms with Crippen LogP contribution in [0.1, 0.15) is 5.56 Å². The van der Waals surface area contributed by atoms with Gasteiger partial charge in [0, 0.05) is 15.8 Å². The van der Waals surface area contributed by atoms with Crippen LogP contribution in [0.4, 0.5) is 5.69 Å². The molecule has 0 fully saturated rings. The molecule has 0 atom stereocenters. The number of carbonyl (C=O) groups is 1. The summed E-state index contributed by atoms with van der Waals surface area (Å²) in [6.07, 6.45) is 0. The maximum absolute atomic E-state index is 13.2. The van der Waals surface area contributed by atoms with Crippen LogP contribution in [-0.2, 0) is 11.3 Å². The molecule has 5 rings (SSSR count). The van der Waals surface area contributed by atoms with Crippen molar-refractivity contribution in [3.05, 3.63) is 112 Å². The molecule has 0 radical (unpaired) electrons. The minimum absolute atomic E-state index is 0.0117. The summed E-state index contributed by atoms with van der Waals surface area (Å²) in [5, 5.41) is 4.54. The fraction of sp³-hybridized carbons (Fsp3) is 0.0714. The summed E-state index contributed by atoms with van der Waals surface area (Å²) >= 11 is 6.21. The lowest BCUT2D eigenvalue weighted by molar-refractivity contribution is -0.116. The molecular weight excluding hydrogens is 448 g/mol. The lowest BCUT2D eigenvalue weighted by Crippen LogP contribution is -2.21. The van der Waals surface area contributed by atoms with E-state index in [2.05, 4.69) is 5.32 Å². The summed E-state index contributed by atoms with van der Waals surface area (Å²) in [6, 6.07) is 27.4. The Morgan fingerprint density at radius 3 is 2.15 bits per heavy atom. The molecule has 0 unspecified atom stereocenters. The Labute approximate surface area is 201 Å². The zero-order valence-corrected chi connectivity index (χ0v) is 19.2. The number of carbonyl (C=O) groups excluding carboxylic acids is 1. The van der Waals surface area contributed by atoms with Crippen LogP contribution in [0.2, 0.25) is 5.02 Å². The van der Waals surface area contributed by atoms with Crippen molar-refractivity contribution in [3.8, 4) is 11.5 Å². The van der Waals surface area contributed by atoms with Gasteiger partial charge in [0.1, 0.15) is 12.3 Å². The van der Waals surface area contributed by atoms with Gasteiger partial charge in [-0.3, -0.25) is 9.59 Å². The number of amides is 1. The maximum atomic E-state index is 13.2. The van der Waals surface area contributed by atoms with Crippen molar-refractivity contribution in [2.24, 2.45) is 0 Å². The Bertz CT molecular complexity index is 1530. The molecule has 0 aliphatic carbocycles. The number of aromatic nitrogens is 1. The second-order valence-electron chi connectivity index (χ2n) is 8.05. The molecule has 1 N–H and O–H groups in total. The van der Waals surface area contributed by atoms with Gasteiger partial charge in [-0.2, -0.15) is 0 Å². The van der Waals surface area contributed by atoms with Gasteiger partial charge in [0.25, 0.3) is 0 Å². The van der Waals surface area contributed by atoms with Gasteiger partial charge >= 0.3 is 0 Å². The first-order chi connectivity index (χ1) is 16.5. The van der Waals surface area contributed by atoms with E-state index in [1.807, 2.05) is 72.2 Å². The Morgan fingerprint density at radius 1 is 0.882 bits per heavy atom. The highest BCUT2D eigenvalue weighted by Crippen LogP contribution is 2.32. The second kappa shape index (κ2) is 9.04. The summed E-state index contributed by atoms with van der Waals surface area (Å²) in [7, 11) is 0. The standard InChI is InChI=1S/C28H21ClN2O3/c1-18-10-13-20(14-11-18)34-26-15-12-19(29)16-23(26)30-27(32)17-31-24-8-4-2-6-21(24)28(33)22-7-3-5-9-25(22)31/h2-16H,17H2,1H3,(H,30,32). The van der Waals surface area contributed by atoms with Crippen LogP contribution in [0.3, 0.4) is 0 Å². The van der Waals surface area contributed by atoms with Crippen molar-refractivity contribution >= 4 is 45.0 Å². The molecule has 5 nitrogen and oxygen atoms in total. The molecule has 4 aromatic carbocycles. The molecular formula is C28H21ClN2O3. The van der Waals surface area contributed by atoms with Crippen molar-refractivity contribution < 1.29 is 9.53 Å². The van der Waals surface area contributed by atoms with E-state index in [1.165, 1.54) is 0 Å². The smallest absolute Gasteiger partial charge is 0.244 e. The summed E-state index contributed by atoms with van der Waals surface area (Å²) < 4.78 is 7.86. The minimum atomic E-state index is -0.269. The molecule has 0 aliphatic heterocycles. The van der Waals surface area contributed by atoms with Crippen molar-refractivity contribution in [1.82, 2.24) is 4.57 Å². The predicted octanol–water partition coefficient (Wildman–Crippen LogP) is 6.55. The molecule has 168 valence electrons. The Balaban J connectivity index is 1.50. The van der Waals surface area contributed by atoms with E-state index in [0.717, 1.165) is 5.56 Å². The first-order valence-corrected chi connectivity index (χ1v) is 11.2. The summed E-state index contributed by atoms with van der Waals surface area (Å²) in [5.74, 6) is 0.868. The van der Waals surface area contributed by atoms with Crippen LogP contribution in [0.5, 0.6) is 11.5 Å². The maximum Gasteiger partial charge on any atom is 0.244 e. The number of hydrogen-bond donors (Lipinski definition) is 1. The van der Waals surface area contributed by atoms with Gasteiger partial charge in [-0.1, -0.05) is 53.6 Å². The van der Waals surface area contributed by atoms with Crippen molar-refractivity contribution in [3.63, 3.8) is 0 Å². The van der Waals surface area contributed by atoms with Crippen LogP contribution < -0.4 is 15.5 Å². The van der Waals surface area contributed by atoms with Crippen LogP contribution in [0.25, 0.3) is 21.8 Å². The van der Waals surface area contributed by atoms with Gasteiger partial charge in [0.15, 0.2) is 11.2 Å². The molecule has 0 saturated carbocycles. The second-order valence-corrected chi connectivity index (χ2v) is 8.49. The van der Waals surface area contributed by atoms with Gasteiger partial charge in [-0.05, 0) is 61.5 Å². The van der Waals surface area contributed by atoms with E-state index < -0.39 is 0 Å². The van der Waals surface area contributed by atoms with Crippen LogP contribution in [0.15, 0.2) is 95.8 Å². The number of anilines is 1. The number of fused-ring (bicyclic) bond motifs is 2. The topological polar surface area (TPSA) is 60.3 Å². The highest BCUT2D eigenvalue weighted by Gasteiger charge is 2.15. The lowest BCUT2D eigenvalue weighted by Gasteiger charge is -2.16. The molecule has 1 heterocycles. The fourth-order valence-electron chi connectivity index (χ4n) is 4.00. The molecule has 1 aromatic heterocycles. The quantitative estimate of drug-likeness (QED) is 0.297. The number of ether oxygens (including phenoxy) is 1. The largest absolute Gasteiger partial charge is 0.455 e. The SMILES string of the molecule is Cc1ccc(Oc2ccc(Cl)cc2NC(=O)Cn2c3ccccc3c(=O)c3ccccc32)cc1. The number of halogens is 1. The number of para-hydroxylation sites is 2. The average Bonchev–Trinajstić information content (AvgIpc) is 2.85. The molecule has 6 heteroatoms. The number of pyridine rings is 1. The first-order valence-electron chi connectivity index (χ1n) is 10.8. The number of hydrogen-bond acceptors (Lipinski definition) is 3. The molecule has 34 heavy (non-hydrogen) atoms. The van der Waals surface area contributed by atoms with Gasteiger partial charge in [-0.15, -0.1) is 0 Å². The van der Waals surface area contributed by atoms with E-state index in [9.17, 15) is 9.59 Å². The molecule has 1 amide bonds. The van der Waals surface area contributed by atoms with Gasteiger partial charge in [0.2, 0.25) is 5.91 Å². The number of benzene rings is 4. The zero-order chi connectivity index (χ0) is 23.7. The lowest BCUT2D eigenvalue weighted by atomic mass is 10.1. The van der Waals surface area contributed by atoms with E-state index in [-0.39, 0.29) is 17.9 Å². The number of aryl methyl sites for hydroxylation is 1. The van der Waals surface area contributed by atoms with E-state index in [1.54, 1.807) is 30.3 Å². The van der Waals surface area contributed by atoms with E-state index in [0.29, 0.717) is 44.0 Å². The summed E-state index contributed by atoms with van der Waals surface area (Å²) in [6.45, 7) is 2.01. The predicted molar refractivity (Wildman–Crippen MR) is 137 cm³/mol. The van der Waals surface area contributed by atoms with Crippen molar-refractivity contribution in [2.75, 3.05) is 5.32 Å². The first kappa shape index (κ1) is 21.7. The Kier molecular flexibility index (Phi) is 5.78. The van der Waals surface area contributed by atoms with Crippen molar-refractivity contribution in [1.29, 1.82) is 0 Å². The summed E-state index contributed by atoms with van der Waals surface area (Å²) in [4.78, 5) is 26.2. The number of nitrogens with one attached hydrogen (secondary N) is 1. The average molecular weight is 469 g/mol. The van der Waals surface area contributed by atoms with Gasteiger partial charge in [-0.25, -0.2) is 0 Å². The van der Waals surface area contributed by atoms with Gasteiger partial charge < -0.3 is 14.6 Å². The third-order valence-electron chi connectivity index (χ3n) is 5.65. The van der Waals surface area contributed by atoms with Gasteiger partial charge in [0.05, 0.1) is 16.7 Å².